The van der Waals surface area contributed by atoms with E-state index < -0.39 is 5.82 Å². The molecule has 17 heavy (non-hydrogen) atoms. The number of nitrogens with two attached hydrogens (primary N) is 1. The number of halogens is 1. The van der Waals surface area contributed by atoms with Crippen molar-refractivity contribution < 1.29 is 13.5 Å². The first-order valence-electron chi connectivity index (χ1n) is 5.04. The largest absolute Gasteiger partial charge is 0.494 e. The van der Waals surface area contributed by atoms with Gasteiger partial charge in [0.1, 0.15) is 0 Å². The molecule has 0 aliphatic rings. The summed E-state index contributed by atoms with van der Waals surface area (Å²) in [5.74, 6) is 0.310. The minimum absolute atomic E-state index is 0.128. The molecule has 1 heterocycles. The standard InChI is InChI=1S/C11H12FN3O2/c1-6(13)10-14-15-11(17-10)7-3-4-8(12)9(5-7)16-2/h3-6H,13H2,1-2H3. The van der Waals surface area contributed by atoms with Gasteiger partial charge in [0.15, 0.2) is 11.6 Å². The van der Waals surface area contributed by atoms with Crippen molar-refractivity contribution in [2.75, 3.05) is 7.11 Å². The molecule has 2 N–H and O–H groups in total. The highest BCUT2D eigenvalue weighted by molar-refractivity contribution is 5.55. The van der Waals surface area contributed by atoms with Crippen LogP contribution < -0.4 is 10.5 Å². The molecule has 0 aliphatic carbocycles. The fraction of sp³-hybridized carbons (Fsp3) is 0.273. The summed E-state index contributed by atoms with van der Waals surface area (Å²) in [5.41, 5.74) is 6.19. The highest BCUT2D eigenvalue weighted by Crippen LogP contribution is 2.26. The van der Waals surface area contributed by atoms with Gasteiger partial charge in [0, 0.05) is 5.56 Å². The molecule has 1 atom stereocenters. The van der Waals surface area contributed by atoms with Gasteiger partial charge in [-0.2, -0.15) is 0 Å². The Kier molecular flexibility index (Phi) is 3.06. The molecule has 0 saturated heterocycles. The lowest BCUT2D eigenvalue weighted by Gasteiger charge is -2.02. The number of aromatic nitrogens is 2. The average Bonchev–Trinajstić information content (AvgIpc) is 2.79. The number of hydrogen-bond acceptors (Lipinski definition) is 5. The van der Waals surface area contributed by atoms with Gasteiger partial charge in [-0.15, -0.1) is 10.2 Å². The van der Waals surface area contributed by atoms with Gasteiger partial charge < -0.3 is 14.9 Å². The summed E-state index contributed by atoms with van der Waals surface area (Å²) in [5, 5.41) is 7.63. The lowest BCUT2D eigenvalue weighted by Crippen LogP contribution is -2.04. The molecule has 1 aromatic carbocycles. The minimum atomic E-state index is -0.441. The Morgan fingerprint density at radius 3 is 2.76 bits per heavy atom. The Labute approximate surface area is 97.4 Å². The Morgan fingerprint density at radius 2 is 2.18 bits per heavy atom. The zero-order valence-electron chi connectivity index (χ0n) is 9.48. The van der Waals surface area contributed by atoms with Crippen molar-refractivity contribution in [3.8, 4) is 17.2 Å². The van der Waals surface area contributed by atoms with Crippen LogP contribution in [0, 0.1) is 5.82 Å². The van der Waals surface area contributed by atoms with E-state index in [1.807, 2.05) is 0 Å². The molecule has 0 radical (unpaired) electrons. The molecular formula is C11H12FN3O2. The molecule has 0 bridgehead atoms. The predicted octanol–water partition coefficient (Wildman–Crippen LogP) is 1.90. The zero-order valence-corrected chi connectivity index (χ0v) is 9.48. The van der Waals surface area contributed by atoms with Gasteiger partial charge in [-0.25, -0.2) is 4.39 Å². The molecular weight excluding hydrogens is 225 g/mol. The van der Waals surface area contributed by atoms with Crippen LogP contribution in [0.2, 0.25) is 0 Å². The van der Waals surface area contributed by atoms with Crippen molar-refractivity contribution in [3.05, 3.63) is 29.9 Å². The highest BCUT2D eigenvalue weighted by Gasteiger charge is 2.13. The summed E-state index contributed by atoms with van der Waals surface area (Å²) in [6.07, 6.45) is 0. The minimum Gasteiger partial charge on any atom is -0.494 e. The monoisotopic (exact) mass is 237 g/mol. The third-order valence-corrected chi connectivity index (χ3v) is 2.23. The number of benzene rings is 1. The van der Waals surface area contributed by atoms with Crippen LogP contribution in [0.15, 0.2) is 22.6 Å². The summed E-state index contributed by atoms with van der Waals surface area (Å²) in [7, 11) is 1.39. The summed E-state index contributed by atoms with van der Waals surface area (Å²) >= 11 is 0. The first kappa shape index (κ1) is 11.5. The fourth-order valence-corrected chi connectivity index (χ4v) is 1.33. The van der Waals surface area contributed by atoms with Gasteiger partial charge in [0.2, 0.25) is 11.8 Å². The van der Waals surface area contributed by atoms with Gasteiger partial charge in [0.05, 0.1) is 13.2 Å². The van der Waals surface area contributed by atoms with Gasteiger partial charge in [-0.3, -0.25) is 0 Å². The molecule has 2 rings (SSSR count). The Balaban J connectivity index is 2.38. The van der Waals surface area contributed by atoms with E-state index in [1.54, 1.807) is 6.92 Å². The van der Waals surface area contributed by atoms with Gasteiger partial charge in [-0.05, 0) is 25.1 Å². The SMILES string of the molecule is COc1cc(-c2nnc(C(C)N)o2)ccc1F. The molecule has 2 aromatic rings. The fourth-order valence-electron chi connectivity index (χ4n) is 1.33. The molecule has 0 saturated carbocycles. The van der Waals surface area contributed by atoms with E-state index in [-0.39, 0.29) is 17.7 Å². The topological polar surface area (TPSA) is 74.2 Å². The Morgan fingerprint density at radius 1 is 1.41 bits per heavy atom. The molecule has 90 valence electrons. The summed E-state index contributed by atoms with van der Waals surface area (Å²) in [6, 6.07) is 3.98. The number of methoxy groups -OCH3 is 1. The lowest BCUT2D eigenvalue weighted by atomic mass is 10.2. The van der Waals surface area contributed by atoms with Crippen LogP contribution in [-0.2, 0) is 0 Å². The van der Waals surface area contributed by atoms with E-state index in [4.69, 9.17) is 14.9 Å². The number of nitrogens with zero attached hydrogens (tertiary/aromatic N) is 2. The Hall–Kier alpha value is -1.95. The average molecular weight is 237 g/mol. The van der Waals surface area contributed by atoms with E-state index >= 15 is 0 Å². The maximum absolute atomic E-state index is 13.2. The second-order valence-electron chi connectivity index (χ2n) is 3.58. The van der Waals surface area contributed by atoms with E-state index in [0.717, 1.165) is 0 Å². The predicted molar refractivity (Wildman–Crippen MR) is 58.8 cm³/mol. The third-order valence-electron chi connectivity index (χ3n) is 2.23. The maximum Gasteiger partial charge on any atom is 0.247 e. The molecule has 0 fully saturated rings. The van der Waals surface area contributed by atoms with Gasteiger partial charge in [-0.1, -0.05) is 0 Å². The van der Waals surface area contributed by atoms with Crippen LogP contribution in [0.25, 0.3) is 11.5 Å². The quantitative estimate of drug-likeness (QED) is 0.882. The molecule has 0 amide bonds. The van der Waals surface area contributed by atoms with Crippen molar-refractivity contribution in [2.24, 2.45) is 5.73 Å². The van der Waals surface area contributed by atoms with Gasteiger partial charge >= 0.3 is 0 Å². The van der Waals surface area contributed by atoms with E-state index in [9.17, 15) is 4.39 Å². The van der Waals surface area contributed by atoms with E-state index in [0.29, 0.717) is 11.5 Å². The summed E-state index contributed by atoms with van der Waals surface area (Å²) in [6.45, 7) is 1.74. The number of ether oxygens (including phenoxy) is 1. The third kappa shape index (κ3) is 2.26. The summed E-state index contributed by atoms with van der Waals surface area (Å²) in [4.78, 5) is 0. The van der Waals surface area contributed by atoms with Crippen LogP contribution in [0.3, 0.4) is 0 Å². The van der Waals surface area contributed by atoms with Crippen LogP contribution >= 0.6 is 0 Å². The lowest BCUT2D eigenvalue weighted by molar-refractivity contribution is 0.386. The van der Waals surface area contributed by atoms with Crippen molar-refractivity contribution in [3.63, 3.8) is 0 Å². The van der Waals surface area contributed by atoms with E-state index in [2.05, 4.69) is 10.2 Å². The highest BCUT2D eigenvalue weighted by atomic mass is 19.1. The van der Waals surface area contributed by atoms with Crippen molar-refractivity contribution in [1.29, 1.82) is 0 Å². The van der Waals surface area contributed by atoms with Crippen LogP contribution in [0.4, 0.5) is 4.39 Å². The van der Waals surface area contributed by atoms with Crippen molar-refractivity contribution in [1.82, 2.24) is 10.2 Å². The maximum atomic E-state index is 13.2. The molecule has 5 nitrogen and oxygen atoms in total. The van der Waals surface area contributed by atoms with Crippen LogP contribution in [0.1, 0.15) is 18.9 Å². The number of rotatable bonds is 3. The summed E-state index contributed by atoms with van der Waals surface area (Å²) < 4.78 is 23.4. The second-order valence-corrected chi connectivity index (χ2v) is 3.58. The van der Waals surface area contributed by atoms with Gasteiger partial charge in [0.25, 0.3) is 0 Å². The van der Waals surface area contributed by atoms with Crippen molar-refractivity contribution in [2.45, 2.75) is 13.0 Å². The molecule has 0 aliphatic heterocycles. The molecule has 1 aromatic heterocycles. The zero-order chi connectivity index (χ0) is 12.4. The smallest absolute Gasteiger partial charge is 0.247 e. The van der Waals surface area contributed by atoms with Crippen LogP contribution in [-0.4, -0.2) is 17.3 Å². The van der Waals surface area contributed by atoms with Crippen molar-refractivity contribution >= 4 is 0 Å². The second kappa shape index (κ2) is 4.50. The first-order valence-corrected chi connectivity index (χ1v) is 5.04. The number of hydrogen-bond donors (Lipinski definition) is 1. The van der Waals surface area contributed by atoms with Crippen LogP contribution in [0.5, 0.6) is 5.75 Å². The first-order chi connectivity index (χ1) is 8.11. The molecule has 1 unspecified atom stereocenters. The normalized spacial score (nSPS) is 12.5. The molecule has 6 heteroatoms. The Bertz CT molecular complexity index is 525. The van der Waals surface area contributed by atoms with E-state index in [1.165, 1.54) is 25.3 Å². The molecule has 0 spiro atoms.